The first-order chi connectivity index (χ1) is 13.6. The van der Waals surface area contributed by atoms with E-state index in [-0.39, 0.29) is 24.4 Å². The average Bonchev–Trinajstić information content (AvgIpc) is 2.73. The normalized spacial score (nSPS) is 19.6. The number of hydrogen-bond acceptors (Lipinski definition) is 5. The van der Waals surface area contributed by atoms with Crippen LogP contribution in [0, 0.1) is 5.92 Å². The monoisotopic (exact) mass is 383 g/mol. The van der Waals surface area contributed by atoms with Gasteiger partial charge in [-0.15, -0.1) is 0 Å². The van der Waals surface area contributed by atoms with E-state index < -0.39 is 12.1 Å². The Kier molecular flexibility index (Phi) is 6.66. The standard InChI is InChI=1S/C22H25NO5/c1-16(14-27-15-17-9-5-3-6-10-17)20-21(28-18-11-7-4-8-12-18)22(25)23(20)13-19(24)26-2/h3-12,16,20-21H,13-15H2,1-2H3/t16-,20+,21-/m0/s1. The SMILES string of the molecule is COC(=O)CN1C(=O)[C@@H](Oc2ccccc2)[C@H]1[C@@H](C)COCc1ccccc1. The number of methoxy groups -OCH3 is 1. The van der Waals surface area contributed by atoms with E-state index in [0.717, 1.165) is 5.56 Å². The fourth-order valence-corrected chi connectivity index (χ4v) is 3.33. The molecule has 1 heterocycles. The summed E-state index contributed by atoms with van der Waals surface area (Å²) in [6.45, 7) is 2.84. The number of rotatable bonds is 9. The predicted molar refractivity (Wildman–Crippen MR) is 104 cm³/mol. The number of β-lactam (4-membered cyclic amide) rings is 1. The Labute approximate surface area is 165 Å². The van der Waals surface area contributed by atoms with Gasteiger partial charge in [-0.25, -0.2) is 0 Å². The van der Waals surface area contributed by atoms with Crippen LogP contribution in [0.1, 0.15) is 12.5 Å². The Bertz CT molecular complexity index is 780. The second-order valence-corrected chi connectivity index (χ2v) is 6.86. The van der Waals surface area contributed by atoms with Gasteiger partial charge >= 0.3 is 5.97 Å². The van der Waals surface area contributed by atoms with Crippen LogP contribution in [0.2, 0.25) is 0 Å². The van der Waals surface area contributed by atoms with Crippen LogP contribution >= 0.6 is 0 Å². The average molecular weight is 383 g/mol. The molecule has 0 saturated carbocycles. The topological polar surface area (TPSA) is 65.1 Å². The molecule has 1 saturated heterocycles. The van der Waals surface area contributed by atoms with Crippen molar-refractivity contribution in [3.8, 4) is 5.75 Å². The van der Waals surface area contributed by atoms with Crippen LogP contribution in [-0.2, 0) is 25.7 Å². The third-order valence-corrected chi connectivity index (χ3v) is 4.81. The zero-order chi connectivity index (χ0) is 19.9. The first-order valence-electron chi connectivity index (χ1n) is 9.31. The molecule has 148 valence electrons. The lowest BCUT2D eigenvalue weighted by Gasteiger charge is -2.48. The van der Waals surface area contributed by atoms with Crippen LogP contribution in [-0.4, -0.2) is 49.2 Å². The molecule has 6 nitrogen and oxygen atoms in total. The third kappa shape index (κ3) is 4.70. The number of ether oxygens (including phenoxy) is 3. The summed E-state index contributed by atoms with van der Waals surface area (Å²) >= 11 is 0. The number of carbonyl (C=O) groups is 2. The minimum absolute atomic E-state index is 0.0141. The van der Waals surface area contributed by atoms with Gasteiger partial charge in [-0.3, -0.25) is 9.59 Å². The number of esters is 1. The molecule has 0 aromatic heterocycles. The van der Waals surface area contributed by atoms with E-state index in [2.05, 4.69) is 0 Å². The fraction of sp³-hybridized carbons (Fsp3) is 0.364. The molecular weight excluding hydrogens is 358 g/mol. The molecule has 3 rings (SSSR count). The van der Waals surface area contributed by atoms with Crippen LogP contribution in [0.3, 0.4) is 0 Å². The number of hydrogen-bond donors (Lipinski definition) is 0. The Hall–Kier alpha value is -2.86. The highest BCUT2D eigenvalue weighted by Crippen LogP contribution is 2.31. The van der Waals surface area contributed by atoms with Gasteiger partial charge < -0.3 is 19.1 Å². The van der Waals surface area contributed by atoms with Crippen LogP contribution in [0.5, 0.6) is 5.75 Å². The minimum atomic E-state index is -0.637. The second kappa shape index (κ2) is 9.37. The Morgan fingerprint density at radius 1 is 1.07 bits per heavy atom. The summed E-state index contributed by atoms with van der Waals surface area (Å²) < 4.78 is 16.5. The van der Waals surface area contributed by atoms with Gasteiger partial charge in [-0.1, -0.05) is 55.5 Å². The molecule has 6 heteroatoms. The molecule has 2 aromatic carbocycles. The number of likely N-dealkylation sites (tertiary alicyclic amines) is 1. The summed E-state index contributed by atoms with van der Waals surface area (Å²) in [5, 5.41) is 0. The fourth-order valence-electron chi connectivity index (χ4n) is 3.33. The van der Waals surface area contributed by atoms with Crippen LogP contribution in [0.25, 0.3) is 0 Å². The predicted octanol–water partition coefficient (Wildman–Crippen LogP) is 2.67. The molecule has 0 unspecified atom stereocenters. The zero-order valence-electron chi connectivity index (χ0n) is 16.1. The molecule has 2 aromatic rings. The molecule has 3 atom stereocenters. The summed E-state index contributed by atoms with van der Waals surface area (Å²) in [5.74, 6) is -0.0520. The molecule has 1 fully saturated rings. The van der Waals surface area contributed by atoms with Crippen LogP contribution in [0.15, 0.2) is 60.7 Å². The highest BCUT2D eigenvalue weighted by molar-refractivity contribution is 5.92. The lowest BCUT2D eigenvalue weighted by atomic mass is 9.87. The van der Waals surface area contributed by atoms with Crippen molar-refractivity contribution in [2.24, 2.45) is 5.92 Å². The Morgan fingerprint density at radius 2 is 1.71 bits per heavy atom. The van der Waals surface area contributed by atoms with Gasteiger partial charge in [0.05, 0.1) is 26.4 Å². The summed E-state index contributed by atoms with van der Waals surface area (Å²) in [6.07, 6.45) is -0.637. The second-order valence-electron chi connectivity index (χ2n) is 6.86. The summed E-state index contributed by atoms with van der Waals surface area (Å²) in [6, 6.07) is 18.8. The smallest absolute Gasteiger partial charge is 0.325 e. The molecule has 0 aliphatic carbocycles. The molecule has 1 aliphatic heterocycles. The molecule has 0 spiro atoms. The maximum absolute atomic E-state index is 12.6. The third-order valence-electron chi connectivity index (χ3n) is 4.81. The molecule has 0 bridgehead atoms. The lowest BCUT2D eigenvalue weighted by molar-refractivity contribution is -0.174. The van der Waals surface area contributed by atoms with Gasteiger partial charge in [0.1, 0.15) is 12.3 Å². The summed E-state index contributed by atoms with van der Waals surface area (Å²) in [4.78, 5) is 25.8. The van der Waals surface area contributed by atoms with E-state index in [1.807, 2.05) is 67.6 Å². The van der Waals surface area contributed by atoms with Crippen molar-refractivity contribution < 1.29 is 23.8 Å². The summed E-state index contributed by atoms with van der Waals surface area (Å²) in [7, 11) is 1.31. The highest BCUT2D eigenvalue weighted by Gasteiger charge is 2.52. The van der Waals surface area contributed by atoms with E-state index in [9.17, 15) is 9.59 Å². The van der Waals surface area contributed by atoms with Crippen LogP contribution < -0.4 is 4.74 Å². The van der Waals surface area contributed by atoms with Gasteiger partial charge in [0.15, 0.2) is 6.10 Å². The molecule has 28 heavy (non-hydrogen) atoms. The molecular formula is C22H25NO5. The van der Waals surface area contributed by atoms with Crippen molar-refractivity contribution in [2.45, 2.75) is 25.7 Å². The van der Waals surface area contributed by atoms with E-state index in [1.165, 1.54) is 12.0 Å². The Balaban J connectivity index is 1.64. The zero-order valence-corrected chi connectivity index (χ0v) is 16.1. The van der Waals surface area contributed by atoms with E-state index >= 15 is 0 Å². The molecule has 1 amide bonds. The van der Waals surface area contributed by atoms with Crippen molar-refractivity contribution >= 4 is 11.9 Å². The number of benzene rings is 2. The first kappa shape index (κ1) is 19.9. The van der Waals surface area contributed by atoms with E-state index in [4.69, 9.17) is 14.2 Å². The number of para-hydroxylation sites is 1. The summed E-state index contributed by atoms with van der Waals surface area (Å²) in [5.41, 5.74) is 1.09. The number of carbonyl (C=O) groups excluding carboxylic acids is 2. The van der Waals surface area contributed by atoms with Crippen molar-refractivity contribution in [1.82, 2.24) is 4.90 Å². The van der Waals surface area contributed by atoms with Gasteiger partial charge in [-0.05, 0) is 17.7 Å². The Morgan fingerprint density at radius 3 is 2.36 bits per heavy atom. The van der Waals surface area contributed by atoms with Gasteiger partial charge in [0.25, 0.3) is 5.91 Å². The van der Waals surface area contributed by atoms with Gasteiger partial charge in [-0.2, -0.15) is 0 Å². The van der Waals surface area contributed by atoms with Crippen LogP contribution in [0.4, 0.5) is 0 Å². The maximum atomic E-state index is 12.6. The van der Waals surface area contributed by atoms with E-state index in [1.54, 1.807) is 0 Å². The largest absolute Gasteiger partial charge is 0.478 e. The molecule has 0 N–H and O–H groups in total. The number of amides is 1. The minimum Gasteiger partial charge on any atom is -0.478 e. The maximum Gasteiger partial charge on any atom is 0.325 e. The quantitative estimate of drug-likeness (QED) is 0.492. The van der Waals surface area contributed by atoms with Crippen molar-refractivity contribution in [1.29, 1.82) is 0 Å². The first-order valence-corrected chi connectivity index (χ1v) is 9.31. The number of nitrogens with zero attached hydrogens (tertiary/aromatic N) is 1. The van der Waals surface area contributed by atoms with Crippen molar-refractivity contribution in [3.05, 3.63) is 66.2 Å². The molecule has 1 aliphatic rings. The van der Waals surface area contributed by atoms with Gasteiger partial charge in [0.2, 0.25) is 0 Å². The lowest BCUT2D eigenvalue weighted by Crippen LogP contribution is -2.70. The highest BCUT2D eigenvalue weighted by atomic mass is 16.5. The van der Waals surface area contributed by atoms with Gasteiger partial charge in [0, 0.05) is 5.92 Å². The van der Waals surface area contributed by atoms with Crippen molar-refractivity contribution in [3.63, 3.8) is 0 Å². The van der Waals surface area contributed by atoms with E-state index in [0.29, 0.717) is 19.0 Å². The molecule has 0 radical (unpaired) electrons. The van der Waals surface area contributed by atoms with Crippen molar-refractivity contribution in [2.75, 3.05) is 20.3 Å².